The lowest BCUT2D eigenvalue weighted by Gasteiger charge is -2.15. The van der Waals surface area contributed by atoms with Crippen LogP contribution in [0.5, 0.6) is 0 Å². The molecule has 3 rings (SSSR count). The molecule has 0 spiro atoms. The molecule has 3 heterocycles. The van der Waals surface area contributed by atoms with Crippen LogP contribution >= 0.6 is 0 Å². The van der Waals surface area contributed by atoms with Crippen molar-refractivity contribution in [3.63, 3.8) is 0 Å². The summed E-state index contributed by atoms with van der Waals surface area (Å²) in [5, 5.41) is 0. The number of fused-ring (bicyclic) bond motifs is 5. The van der Waals surface area contributed by atoms with E-state index >= 15 is 0 Å². The van der Waals surface area contributed by atoms with E-state index in [9.17, 15) is 9.59 Å². The molecule has 2 unspecified atom stereocenters. The average Bonchev–Trinajstić information content (AvgIpc) is 2.87. The third-order valence-corrected chi connectivity index (χ3v) is 3.82. The fraction of sp³-hybridized carbons (Fsp3) is 0.818. The maximum atomic E-state index is 12.0. The van der Waals surface area contributed by atoms with Crippen molar-refractivity contribution in [1.82, 2.24) is 4.90 Å². The topological polar surface area (TPSA) is 46.6 Å². The van der Waals surface area contributed by atoms with Gasteiger partial charge in [0.2, 0.25) is 11.8 Å². The molecule has 4 heteroatoms. The SMILES string of the molecule is CCCN1C(=O)C2C(C1=O)[C@H]1CC[C@H]2O1. The Kier molecular flexibility index (Phi) is 1.89. The van der Waals surface area contributed by atoms with E-state index in [1.807, 2.05) is 6.92 Å². The Morgan fingerprint density at radius 1 is 1.20 bits per heavy atom. The summed E-state index contributed by atoms with van der Waals surface area (Å²) in [6.45, 7) is 2.56. The molecule has 3 aliphatic heterocycles. The highest BCUT2D eigenvalue weighted by atomic mass is 16.5. The number of hydrogen-bond acceptors (Lipinski definition) is 3. The molecule has 15 heavy (non-hydrogen) atoms. The first-order chi connectivity index (χ1) is 7.24. The van der Waals surface area contributed by atoms with Gasteiger partial charge in [0.15, 0.2) is 0 Å². The van der Waals surface area contributed by atoms with Gasteiger partial charge in [-0.2, -0.15) is 0 Å². The molecule has 3 saturated heterocycles. The standard InChI is InChI=1S/C11H15NO3/c1-2-5-12-10(13)8-6-3-4-7(15-6)9(8)11(12)14/h6-9H,2-5H2,1H3/t6-,7-,8?,9?/m1/s1. The number of ether oxygens (including phenoxy) is 1. The zero-order chi connectivity index (χ0) is 10.6. The molecule has 0 aliphatic carbocycles. The number of hydrogen-bond donors (Lipinski definition) is 0. The third-order valence-electron chi connectivity index (χ3n) is 3.82. The van der Waals surface area contributed by atoms with Crippen LogP contribution in [0.2, 0.25) is 0 Å². The van der Waals surface area contributed by atoms with E-state index in [1.54, 1.807) is 0 Å². The Bertz CT molecular complexity index is 300. The summed E-state index contributed by atoms with van der Waals surface area (Å²) in [6.07, 6.45) is 2.79. The van der Waals surface area contributed by atoms with Crippen LogP contribution in [0.4, 0.5) is 0 Å². The summed E-state index contributed by atoms with van der Waals surface area (Å²) in [7, 11) is 0. The van der Waals surface area contributed by atoms with E-state index < -0.39 is 0 Å². The van der Waals surface area contributed by atoms with Crippen molar-refractivity contribution in [2.24, 2.45) is 11.8 Å². The highest BCUT2D eigenvalue weighted by molar-refractivity contribution is 6.06. The molecule has 0 aromatic rings. The Hall–Kier alpha value is -0.900. The molecule has 0 aromatic carbocycles. The highest BCUT2D eigenvalue weighted by Crippen LogP contribution is 2.48. The second-order valence-electron chi connectivity index (χ2n) is 4.67. The zero-order valence-electron chi connectivity index (χ0n) is 8.81. The normalized spacial score (nSPS) is 42.9. The molecular formula is C11H15NO3. The summed E-state index contributed by atoms with van der Waals surface area (Å²) in [6, 6.07) is 0. The summed E-state index contributed by atoms with van der Waals surface area (Å²) < 4.78 is 5.64. The lowest BCUT2D eigenvalue weighted by atomic mass is 9.81. The fourth-order valence-corrected chi connectivity index (χ4v) is 3.22. The molecule has 4 atom stereocenters. The van der Waals surface area contributed by atoms with Gasteiger partial charge in [-0.1, -0.05) is 6.92 Å². The predicted molar refractivity (Wildman–Crippen MR) is 51.9 cm³/mol. The van der Waals surface area contributed by atoms with Crippen molar-refractivity contribution in [1.29, 1.82) is 0 Å². The van der Waals surface area contributed by atoms with Gasteiger partial charge in [-0.15, -0.1) is 0 Å². The van der Waals surface area contributed by atoms with Gasteiger partial charge in [0.05, 0.1) is 24.0 Å². The summed E-state index contributed by atoms with van der Waals surface area (Å²) >= 11 is 0. The molecule has 3 aliphatic rings. The lowest BCUT2D eigenvalue weighted by Crippen LogP contribution is -2.34. The van der Waals surface area contributed by atoms with Crippen LogP contribution < -0.4 is 0 Å². The molecule has 2 amide bonds. The molecule has 0 aromatic heterocycles. The summed E-state index contributed by atoms with van der Waals surface area (Å²) in [5.41, 5.74) is 0. The first-order valence-electron chi connectivity index (χ1n) is 5.74. The Morgan fingerprint density at radius 3 is 2.20 bits per heavy atom. The number of carbonyl (C=O) groups excluding carboxylic acids is 2. The van der Waals surface area contributed by atoms with Gasteiger partial charge in [0, 0.05) is 6.54 Å². The van der Waals surface area contributed by atoms with Crippen molar-refractivity contribution >= 4 is 11.8 Å². The maximum absolute atomic E-state index is 12.0. The molecule has 2 bridgehead atoms. The van der Waals surface area contributed by atoms with Crippen LogP contribution in [0.3, 0.4) is 0 Å². The summed E-state index contributed by atoms with van der Waals surface area (Å²) in [5.74, 6) is -0.274. The highest BCUT2D eigenvalue weighted by Gasteiger charge is 2.61. The van der Waals surface area contributed by atoms with Gasteiger partial charge in [-0.3, -0.25) is 14.5 Å². The monoisotopic (exact) mass is 209 g/mol. The van der Waals surface area contributed by atoms with E-state index in [0.29, 0.717) is 6.54 Å². The van der Waals surface area contributed by atoms with Crippen molar-refractivity contribution in [2.75, 3.05) is 6.54 Å². The van der Waals surface area contributed by atoms with Crippen LogP contribution in [0, 0.1) is 11.8 Å². The van der Waals surface area contributed by atoms with E-state index in [-0.39, 0.29) is 35.9 Å². The fourth-order valence-electron chi connectivity index (χ4n) is 3.22. The van der Waals surface area contributed by atoms with E-state index in [1.165, 1.54) is 4.90 Å². The minimum absolute atomic E-state index is 0.0130. The first-order valence-corrected chi connectivity index (χ1v) is 5.74. The molecule has 0 N–H and O–H groups in total. The van der Waals surface area contributed by atoms with E-state index in [0.717, 1.165) is 19.3 Å². The molecule has 0 saturated carbocycles. The number of nitrogens with zero attached hydrogens (tertiary/aromatic N) is 1. The van der Waals surface area contributed by atoms with Crippen molar-refractivity contribution in [3.05, 3.63) is 0 Å². The van der Waals surface area contributed by atoms with Gasteiger partial charge in [0.1, 0.15) is 0 Å². The van der Waals surface area contributed by atoms with Crippen LogP contribution in [-0.4, -0.2) is 35.5 Å². The zero-order valence-corrected chi connectivity index (χ0v) is 8.81. The van der Waals surface area contributed by atoms with Crippen molar-refractivity contribution in [3.8, 4) is 0 Å². The number of likely N-dealkylation sites (tertiary alicyclic amines) is 1. The summed E-state index contributed by atoms with van der Waals surface area (Å²) in [4.78, 5) is 25.5. The van der Waals surface area contributed by atoms with Crippen molar-refractivity contribution < 1.29 is 14.3 Å². The van der Waals surface area contributed by atoms with Crippen LogP contribution in [-0.2, 0) is 14.3 Å². The smallest absolute Gasteiger partial charge is 0.235 e. The van der Waals surface area contributed by atoms with Gasteiger partial charge in [-0.25, -0.2) is 0 Å². The first kappa shape index (κ1) is 9.33. The van der Waals surface area contributed by atoms with Crippen LogP contribution in [0.15, 0.2) is 0 Å². The van der Waals surface area contributed by atoms with Crippen LogP contribution in [0.1, 0.15) is 26.2 Å². The Morgan fingerprint density at radius 2 is 1.73 bits per heavy atom. The average molecular weight is 209 g/mol. The van der Waals surface area contributed by atoms with E-state index in [2.05, 4.69) is 0 Å². The lowest BCUT2D eigenvalue weighted by molar-refractivity contribution is -0.142. The van der Waals surface area contributed by atoms with Gasteiger partial charge < -0.3 is 4.74 Å². The molecule has 82 valence electrons. The van der Waals surface area contributed by atoms with Gasteiger partial charge in [0.25, 0.3) is 0 Å². The van der Waals surface area contributed by atoms with Crippen LogP contribution in [0.25, 0.3) is 0 Å². The number of imide groups is 1. The molecular weight excluding hydrogens is 194 g/mol. The predicted octanol–water partition coefficient (Wildman–Crippen LogP) is 0.559. The minimum atomic E-state index is -0.150. The van der Waals surface area contributed by atoms with Crippen molar-refractivity contribution in [2.45, 2.75) is 38.4 Å². The van der Waals surface area contributed by atoms with E-state index in [4.69, 9.17) is 4.74 Å². The molecule has 3 fully saturated rings. The largest absolute Gasteiger partial charge is 0.373 e. The second kappa shape index (κ2) is 3.04. The second-order valence-corrected chi connectivity index (χ2v) is 4.67. The number of carbonyl (C=O) groups is 2. The Labute approximate surface area is 88.6 Å². The third kappa shape index (κ3) is 1.06. The van der Waals surface area contributed by atoms with Gasteiger partial charge >= 0.3 is 0 Å². The maximum Gasteiger partial charge on any atom is 0.235 e. The molecule has 4 nitrogen and oxygen atoms in total. The molecule has 0 radical (unpaired) electrons. The van der Waals surface area contributed by atoms with Gasteiger partial charge in [-0.05, 0) is 19.3 Å². The minimum Gasteiger partial charge on any atom is -0.373 e. The number of amides is 2. The number of rotatable bonds is 2. The quantitative estimate of drug-likeness (QED) is 0.624. The Balaban J connectivity index is 1.90.